The third-order valence-corrected chi connectivity index (χ3v) is 3.31. The van der Waals surface area contributed by atoms with E-state index in [-0.39, 0.29) is 11.4 Å². The second-order valence-corrected chi connectivity index (χ2v) is 4.71. The summed E-state index contributed by atoms with van der Waals surface area (Å²) in [5.74, 6) is -1.22. The van der Waals surface area contributed by atoms with Gasteiger partial charge in [0.25, 0.3) is 0 Å². The Labute approximate surface area is 126 Å². The summed E-state index contributed by atoms with van der Waals surface area (Å²) in [6.07, 6.45) is 0. The Bertz CT molecular complexity index is 851. The highest BCUT2D eigenvalue weighted by atomic mass is 19.1. The Morgan fingerprint density at radius 2 is 1.55 bits per heavy atom. The summed E-state index contributed by atoms with van der Waals surface area (Å²) in [5, 5.41) is 9.17. The number of rotatable bonds is 2. The van der Waals surface area contributed by atoms with E-state index in [1.807, 2.05) is 36.4 Å². The SMILES string of the molecule is N#Cc1c(-c2ccc(F)cc2)cc(-c2ccccc2)nc1F. The van der Waals surface area contributed by atoms with E-state index in [9.17, 15) is 14.0 Å². The maximum Gasteiger partial charge on any atom is 0.232 e. The van der Waals surface area contributed by atoms with Crippen LogP contribution in [0.5, 0.6) is 0 Å². The van der Waals surface area contributed by atoms with Gasteiger partial charge in [-0.15, -0.1) is 0 Å². The van der Waals surface area contributed by atoms with Crippen LogP contribution in [0.1, 0.15) is 5.56 Å². The van der Waals surface area contributed by atoms with Crippen molar-refractivity contribution >= 4 is 0 Å². The fraction of sp³-hybridized carbons (Fsp3) is 0. The first-order valence-corrected chi connectivity index (χ1v) is 6.61. The van der Waals surface area contributed by atoms with Crippen molar-refractivity contribution in [3.05, 3.63) is 78.0 Å². The molecule has 2 nitrogen and oxygen atoms in total. The van der Waals surface area contributed by atoms with Crippen molar-refractivity contribution < 1.29 is 8.78 Å². The maximum atomic E-state index is 14.2. The lowest BCUT2D eigenvalue weighted by Gasteiger charge is -2.08. The monoisotopic (exact) mass is 292 g/mol. The van der Waals surface area contributed by atoms with Gasteiger partial charge in [0.1, 0.15) is 17.4 Å². The van der Waals surface area contributed by atoms with E-state index < -0.39 is 5.95 Å². The Hall–Kier alpha value is -3.06. The molecule has 0 bridgehead atoms. The highest BCUT2D eigenvalue weighted by Gasteiger charge is 2.15. The van der Waals surface area contributed by atoms with Crippen LogP contribution in [0.15, 0.2) is 60.7 Å². The van der Waals surface area contributed by atoms with E-state index in [0.29, 0.717) is 16.8 Å². The van der Waals surface area contributed by atoms with Crippen molar-refractivity contribution in [3.63, 3.8) is 0 Å². The number of halogens is 2. The van der Waals surface area contributed by atoms with Crippen LogP contribution in [0.4, 0.5) is 8.78 Å². The second-order valence-electron chi connectivity index (χ2n) is 4.71. The van der Waals surface area contributed by atoms with Crippen LogP contribution >= 0.6 is 0 Å². The minimum absolute atomic E-state index is 0.147. The molecule has 22 heavy (non-hydrogen) atoms. The zero-order chi connectivity index (χ0) is 15.5. The topological polar surface area (TPSA) is 36.7 Å². The van der Waals surface area contributed by atoms with Crippen LogP contribution < -0.4 is 0 Å². The third-order valence-electron chi connectivity index (χ3n) is 3.31. The molecule has 0 amide bonds. The highest BCUT2D eigenvalue weighted by molar-refractivity contribution is 5.75. The van der Waals surface area contributed by atoms with Gasteiger partial charge >= 0.3 is 0 Å². The standard InChI is InChI=1S/C18H10F2N2/c19-14-8-6-12(7-9-14)15-10-17(13-4-2-1-3-5-13)22-18(20)16(15)11-21/h1-10H. The molecule has 0 atom stereocenters. The van der Waals surface area contributed by atoms with Crippen LogP contribution in [0.25, 0.3) is 22.4 Å². The molecule has 0 radical (unpaired) electrons. The van der Waals surface area contributed by atoms with Crippen molar-refractivity contribution in [2.45, 2.75) is 0 Å². The van der Waals surface area contributed by atoms with Crippen molar-refractivity contribution in [2.75, 3.05) is 0 Å². The van der Waals surface area contributed by atoms with Gasteiger partial charge in [-0.2, -0.15) is 9.65 Å². The quantitative estimate of drug-likeness (QED) is 0.649. The zero-order valence-electron chi connectivity index (χ0n) is 11.4. The molecular formula is C18H10F2N2. The molecule has 3 rings (SSSR count). The summed E-state index contributed by atoms with van der Waals surface area (Å²) in [6.45, 7) is 0. The minimum atomic E-state index is -0.830. The van der Waals surface area contributed by atoms with Gasteiger partial charge in [-0.1, -0.05) is 42.5 Å². The predicted molar refractivity (Wildman–Crippen MR) is 79.7 cm³/mol. The summed E-state index contributed by atoms with van der Waals surface area (Å²) >= 11 is 0. The van der Waals surface area contributed by atoms with Gasteiger partial charge in [0.15, 0.2) is 0 Å². The number of nitriles is 1. The average molecular weight is 292 g/mol. The smallest absolute Gasteiger partial charge is 0.219 e. The van der Waals surface area contributed by atoms with Gasteiger partial charge in [-0.25, -0.2) is 9.37 Å². The maximum absolute atomic E-state index is 14.2. The Balaban J connectivity index is 2.22. The summed E-state index contributed by atoms with van der Waals surface area (Å²) in [4.78, 5) is 3.85. The molecule has 0 aliphatic carbocycles. The van der Waals surface area contributed by atoms with E-state index in [1.54, 1.807) is 6.07 Å². The van der Waals surface area contributed by atoms with Gasteiger partial charge in [0.2, 0.25) is 5.95 Å². The van der Waals surface area contributed by atoms with Crippen molar-refractivity contribution in [2.24, 2.45) is 0 Å². The number of aromatic nitrogens is 1. The molecule has 1 aromatic heterocycles. The molecule has 0 aliphatic heterocycles. The van der Waals surface area contributed by atoms with Gasteiger partial charge in [0, 0.05) is 11.1 Å². The van der Waals surface area contributed by atoms with Crippen LogP contribution in [0.3, 0.4) is 0 Å². The van der Waals surface area contributed by atoms with E-state index >= 15 is 0 Å². The molecule has 0 spiro atoms. The molecule has 0 saturated heterocycles. The van der Waals surface area contributed by atoms with Gasteiger partial charge < -0.3 is 0 Å². The summed E-state index contributed by atoms with van der Waals surface area (Å²) in [5.41, 5.74) is 1.99. The lowest BCUT2D eigenvalue weighted by molar-refractivity contribution is 0.582. The lowest BCUT2D eigenvalue weighted by atomic mass is 9.99. The van der Waals surface area contributed by atoms with Crippen LogP contribution in [0, 0.1) is 23.1 Å². The number of hydrogen-bond acceptors (Lipinski definition) is 2. The van der Waals surface area contributed by atoms with Crippen LogP contribution in [-0.2, 0) is 0 Å². The minimum Gasteiger partial charge on any atom is -0.219 e. The van der Waals surface area contributed by atoms with Gasteiger partial charge in [-0.05, 0) is 23.8 Å². The molecule has 0 saturated carbocycles. The largest absolute Gasteiger partial charge is 0.232 e. The van der Waals surface area contributed by atoms with E-state index in [1.165, 1.54) is 24.3 Å². The molecule has 0 aliphatic rings. The zero-order valence-corrected chi connectivity index (χ0v) is 11.4. The first-order chi connectivity index (χ1) is 10.7. The second kappa shape index (κ2) is 5.74. The summed E-state index contributed by atoms with van der Waals surface area (Å²) in [7, 11) is 0. The molecular weight excluding hydrogens is 282 g/mol. The Kier molecular flexibility index (Phi) is 3.63. The normalized spacial score (nSPS) is 10.2. The van der Waals surface area contributed by atoms with Crippen LogP contribution in [0.2, 0.25) is 0 Å². The fourth-order valence-electron chi connectivity index (χ4n) is 2.23. The summed E-state index contributed by atoms with van der Waals surface area (Å²) < 4.78 is 27.2. The predicted octanol–water partition coefficient (Wildman–Crippen LogP) is 4.57. The molecule has 3 aromatic rings. The van der Waals surface area contributed by atoms with E-state index in [4.69, 9.17) is 0 Å². The lowest BCUT2D eigenvalue weighted by Crippen LogP contribution is -1.97. The number of nitrogens with zero attached hydrogens (tertiary/aromatic N) is 2. The van der Waals surface area contributed by atoms with Crippen molar-refractivity contribution in [1.29, 1.82) is 5.26 Å². The number of hydrogen-bond donors (Lipinski definition) is 0. The van der Waals surface area contributed by atoms with Gasteiger partial charge in [-0.3, -0.25) is 0 Å². The number of pyridine rings is 1. The molecule has 0 unspecified atom stereocenters. The molecule has 2 aromatic carbocycles. The van der Waals surface area contributed by atoms with E-state index in [0.717, 1.165) is 5.56 Å². The first-order valence-electron chi connectivity index (χ1n) is 6.61. The van der Waals surface area contributed by atoms with E-state index in [2.05, 4.69) is 4.98 Å². The summed E-state index contributed by atoms with van der Waals surface area (Å²) in [6, 6.07) is 18.2. The Morgan fingerprint density at radius 3 is 2.18 bits per heavy atom. The third kappa shape index (κ3) is 2.57. The molecule has 4 heteroatoms. The number of benzene rings is 2. The fourth-order valence-corrected chi connectivity index (χ4v) is 2.23. The van der Waals surface area contributed by atoms with Crippen molar-refractivity contribution in [3.8, 4) is 28.5 Å². The van der Waals surface area contributed by atoms with Crippen molar-refractivity contribution in [1.82, 2.24) is 4.98 Å². The average Bonchev–Trinajstić information content (AvgIpc) is 2.55. The van der Waals surface area contributed by atoms with Gasteiger partial charge in [0.05, 0.1) is 5.69 Å². The molecule has 106 valence electrons. The molecule has 1 heterocycles. The highest BCUT2D eigenvalue weighted by Crippen LogP contribution is 2.29. The van der Waals surface area contributed by atoms with Crippen LogP contribution in [-0.4, -0.2) is 4.98 Å². The first kappa shape index (κ1) is 13.9. The molecule has 0 fully saturated rings. The Morgan fingerprint density at radius 1 is 0.864 bits per heavy atom. The molecule has 0 N–H and O–H groups in total.